The van der Waals surface area contributed by atoms with E-state index in [1.165, 1.54) is 6.20 Å². The van der Waals surface area contributed by atoms with Crippen molar-refractivity contribution in [1.82, 2.24) is 25.2 Å². The number of nitrogens with zero attached hydrogens (tertiary/aromatic N) is 4. The van der Waals surface area contributed by atoms with Crippen molar-refractivity contribution in [3.8, 4) is 11.3 Å². The lowest BCUT2D eigenvalue weighted by atomic mass is 9.91. The molecule has 2 aromatic heterocycles. The standard InChI is InChI=1S/C30H43FN6O3/c1-3-21(38)7-5-4-6-8-24(35-29(39)23-17-30(23)9-11-36(2)12-10-30)28-33-19-25(34-28)22-18-32-20-26(27(22)31)37-13-15-40-16-14-37/h18-20,23-24H,3-17H2,1-2H3,(H,33,34)(H,35,39)/t23-,24+/m1/s1. The molecule has 1 saturated carbocycles. The molecule has 0 bridgehead atoms. The van der Waals surface area contributed by atoms with Crippen LogP contribution in [-0.2, 0) is 14.3 Å². The molecule has 2 aromatic rings. The summed E-state index contributed by atoms with van der Waals surface area (Å²) in [6.07, 6.45) is 12.3. The highest BCUT2D eigenvalue weighted by atomic mass is 19.1. The number of hydrogen-bond donors (Lipinski definition) is 2. The van der Waals surface area contributed by atoms with Crippen molar-refractivity contribution in [1.29, 1.82) is 0 Å². The fourth-order valence-corrected chi connectivity index (χ4v) is 6.21. The number of pyridine rings is 1. The summed E-state index contributed by atoms with van der Waals surface area (Å²) < 4.78 is 21.0. The highest BCUT2D eigenvalue weighted by Crippen LogP contribution is 2.59. The van der Waals surface area contributed by atoms with Gasteiger partial charge >= 0.3 is 0 Å². The molecule has 4 heterocycles. The van der Waals surface area contributed by atoms with E-state index in [1.807, 2.05) is 11.8 Å². The second-order valence-electron chi connectivity index (χ2n) is 11.8. The van der Waals surface area contributed by atoms with Gasteiger partial charge in [0.05, 0.1) is 48.6 Å². The Morgan fingerprint density at radius 1 is 1.15 bits per heavy atom. The van der Waals surface area contributed by atoms with Crippen molar-refractivity contribution in [3.63, 3.8) is 0 Å². The van der Waals surface area contributed by atoms with E-state index in [1.54, 1.807) is 12.4 Å². The maximum atomic E-state index is 15.6. The van der Waals surface area contributed by atoms with Gasteiger partial charge in [-0.2, -0.15) is 0 Å². The third-order valence-electron chi connectivity index (χ3n) is 9.08. The summed E-state index contributed by atoms with van der Waals surface area (Å²) >= 11 is 0. The van der Waals surface area contributed by atoms with Crippen LogP contribution >= 0.6 is 0 Å². The fraction of sp³-hybridized carbons (Fsp3) is 0.667. The molecule has 3 fully saturated rings. The number of morpholine rings is 1. The van der Waals surface area contributed by atoms with E-state index in [9.17, 15) is 9.59 Å². The van der Waals surface area contributed by atoms with E-state index in [2.05, 4.69) is 32.2 Å². The van der Waals surface area contributed by atoms with Crippen molar-refractivity contribution in [2.75, 3.05) is 51.3 Å². The SMILES string of the molecule is CCC(=O)CCCCC[C@H](NC(=O)[C@H]1CC12CCN(C)CC2)c1ncc(-c2cncc(N3CCOCC3)c2F)[nH]1. The Morgan fingerprint density at radius 2 is 1.93 bits per heavy atom. The number of rotatable bonds is 12. The molecule has 1 amide bonds. The van der Waals surface area contributed by atoms with Crippen LogP contribution in [0.25, 0.3) is 11.3 Å². The number of carbonyl (C=O) groups is 2. The van der Waals surface area contributed by atoms with Gasteiger partial charge in [0.25, 0.3) is 0 Å². The Hall–Kier alpha value is -2.85. The monoisotopic (exact) mass is 554 g/mol. The largest absolute Gasteiger partial charge is 0.378 e. The first-order valence-corrected chi connectivity index (χ1v) is 14.9. The van der Waals surface area contributed by atoms with E-state index in [0.29, 0.717) is 68.3 Å². The molecule has 5 rings (SSSR count). The summed E-state index contributed by atoms with van der Waals surface area (Å²) in [5.41, 5.74) is 1.50. The Balaban J connectivity index is 1.29. The third kappa shape index (κ3) is 6.54. The number of imidazole rings is 1. The molecule has 2 aliphatic heterocycles. The molecule has 2 atom stereocenters. The Bertz CT molecular complexity index is 1170. The zero-order chi connectivity index (χ0) is 28.1. The van der Waals surface area contributed by atoms with Crippen LogP contribution < -0.4 is 10.2 Å². The number of amides is 1. The zero-order valence-electron chi connectivity index (χ0n) is 23.9. The van der Waals surface area contributed by atoms with Gasteiger partial charge in [0.1, 0.15) is 11.6 Å². The van der Waals surface area contributed by atoms with Gasteiger partial charge in [-0.3, -0.25) is 14.6 Å². The number of unbranched alkanes of at least 4 members (excludes halogenated alkanes) is 2. The van der Waals surface area contributed by atoms with Crippen LogP contribution in [0, 0.1) is 17.2 Å². The third-order valence-corrected chi connectivity index (χ3v) is 9.08. The summed E-state index contributed by atoms with van der Waals surface area (Å²) in [6, 6.07) is -0.300. The van der Waals surface area contributed by atoms with Gasteiger partial charge in [-0.05, 0) is 57.7 Å². The van der Waals surface area contributed by atoms with Crippen LogP contribution in [-0.4, -0.2) is 78.0 Å². The molecule has 10 heteroatoms. The lowest BCUT2D eigenvalue weighted by Crippen LogP contribution is -2.36. The lowest BCUT2D eigenvalue weighted by Gasteiger charge is -2.30. The second kappa shape index (κ2) is 12.8. The van der Waals surface area contributed by atoms with Crippen LogP contribution in [0.3, 0.4) is 0 Å². The maximum absolute atomic E-state index is 15.6. The summed E-state index contributed by atoms with van der Waals surface area (Å²) in [6.45, 7) is 6.32. The predicted molar refractivity (Wildman–Crippen MR) is 151 cm³/mol. The molecular weight excluding hydrogens is 511 g/mol. The maximum Gasteiger partial charge on any atom is 0.224 e. The number of ketones is 1. The van der Waals surface area contributed by atoms with Gasteiger partial charge in [-0.15, -0.1) is 0 Å². The van der Waals surface area contributed by atoms with Crippen LogP contribution in [0.4, 0.5) is 10.1 Å². The molecule has 9 nitrogen and oxygen atoms in total. The number of piperidine rings is 1. The normalized spacial score (nSPS) is 21.4. The van der Waals surface area contributed by atoms with Crippen molar-refractivity contribution in [2.45, 2.75) is 70.8 Å². The Kier molecular flexibility index (Phi) is 9.15. The van der Waals surface area contributed by atoms with Gasteiger partial charge in [0.15, 0.2) is 5.82 Å². The molecule has 0 aromatic carbocycles. The molecule has 2 saturated heterocycles. The number of carbonyl (C=O) groups excluding carboxylic acids is 2. The van der Waals surface area contributed by atoms with E-state index >= 15 is 4.39 Å². The number of halogens is 1. The highest BCUT2D eigenvalue weighted by molar-refractivity contribution is 5.83. The average molecular weight is 555 g/mol. The lowest BCUT2D eigenvalue weighted by molar-refractivity contribution is -0.124. The second-order valence-corrected chi connectivity index (χ2v) is 11.8. The minimum absolute atomic E-state index is 0.0483. The summed E-state index contributed by atoms with van der Waals surface area (Å²) in [4.78, 5) is 41.6. The van der Waals surface area contributed by atoms with Crippen LogP contribution in [0.5, 0.6) is 0 Å². The molecule has 0 radical (unpaired) electrons. The van der Waals surface area contributed by atoms with Crippen molar-refractivity contribution in [3.05, 3.63) is 30.2 Å². The first-order valence-electron chi connectivity index (χ1n) is 14.9. The van der Waals surface area contributed by atoms with Crippen molar-refractivity contribution in [2.24, 2.45) is 11.3 Å². The van der Waals surface area contributed by atoms with Gasteiger partial charge < -0.3 is 24.8 Å². The van der Waals surface area contributed by atoms with Crippen LogP contribution in [0.2, 0.25) is 0 Å². The average Bonchev–Trinajstić information content (AvgIpc) is 3.46. The topological polar surface area (TPSA) is 103 Å². The number of H-pyrrole nitrogens is 1. The molecular formula is C30H43FN6O3. The van der Waals surface area contributed by atoms with E-state index in [-0.39, 0.29) is 34.9 Å². The number of likely N-dealkylation sites (tertiary alicyclic amines) is 1. The highest BCUT2D eigenvalue weighted by Gasteiger charge is 2.58. The van der Waals surface area contributed by atoms with Gasteiger partial charge in [0.2, 0.25) is 5.91 Å². The van der Waals surface area contributed by atoms with Crippen molar-refractivity contribution >= 4 is 17.4 Å². The van der Waals surface area contributed by atoms with Crippen LogP contribution in [0.15, 0.2) is 18.6 Å². The van der Waals surface area contributed by atoms with Gasteiger partial charge in [-0.1, -0.05) is 19.8 Å². The fourth-order valence-electron chi connectivity index (χ4n) is 6.21. The number of ether oxygens (including phenoxy) is 1. The first-order chi connectivity index (χ1) is 19.4. The molecule has 3 aliphatic rings. The molecule has 1 spiro atoms. The molecule has 2 N–H and O–H groups in total. The van der Waals surface area contributed by atoms with Crippen molar-refractivity contribution < 1.29 is 18.7 Å². The first kappa shape index (κ1) is 28.7. The smallest absolute Gasteiger partial charge is 0.224 e. The molecule has 1 aliphatic carbocycles. The minimum atomic E-state index is -0.338. The summed E-state index contributed by atoms with van der Waals surface area (Å²) in [7, 11) is 2.14. The number of hydrogen-bond acceptors (Lipinski definition) is 7. The number of anilines is 1. The summed E-state index contributed by atoms with van der Waals surface area (Å²) in [5.74, 6) is 0.716. The molecule has 218 valence electrons. The number of aromatic amines is 1. The van der Waals surface area contributed by atoms with E-state index in [0.717, 1.165) is 51.6 Å². The van der Waals surface area contributed by atoms with Gasteiger partial charge in [0, 0.05) is 38.0 Å². The quantitative estimate of drug-likeness (QED) is 0.378. The van der Waals surface area contributed by atoms with Gasteiger partial charge in [-0.25, -0.2) is 9.37 Å². The Morgan fingerprint density at radius 3 is 2.67 bits per heavy atom. The minimum Gasteiger partial charge on any atom is -0.378 e. The number of Topliss-reactive ketones (excluding diaryl/α,β-unsaturated/α-hetero) is 1. The van der Waals surface area contributed by atoms with Crippen LogP contribution in [0.1, 0.15) is 76.6 Å². The van der Waals surface area contributed by atoms with E-state index in [4.69, 9.17) is 4.74 Å². The predicted octanol–water partition coefficient (Wildman–Crippen LogP) is 4.27. The molecule has 40 heavy (non-hydrogen) atoms. The van der Waals surface area contributed by atoms with E-state index < -0.39 is 0 Å². The molecule has 0 unspecified atom stereocenters. The zero-order valence-corrected chi connectivity index (χ0v) is 23.9. The number of nitrogens with one attached hydrogen (secondary N) is 2. The Labute approximate surface area is 236 Å². The number of aromatic nitrogens is 3. The summed E-state index contributed by atoms with van der Waals surface area (Å²) in [5, 5.41) is 3.29.